The van der Waals surface area contributed by atoms with E-state index in [1.807, 2.05) is 31.2 Å². The SMILES string of the molecule is CCOC(=O)c1[nH]c2ccc(C)cc2c1CCc1ccccc1. The van der Waals surface area contributed by atoms with Crippen molar-refractivity contribution in [1.82, 2.24) is 4.98 Å². The molecule has 1 N–H and O–H groups in total. The van der Waals surface area contributed by atoms with Gasteiger partial charge in [0.15, 0.2) is 0 Å². The Morgan fingerprint density at radius 3 is 2.61 bits per heavy atom. The summed E-state index contributed by atoms with van der Waals surface area (Å²) in [4.78, 5) is 15.5. The molecule has 3 heteroatoms. The fraction of sp³-hybridized carbons (Fsp3) is 0.250. The third-order valence-corrected chi connectivity index (χ3v) is 4.05. The average molecular weight is 307 g/mol. The molecule has 0 amide bonds. The molecule has 3 rings (SSSR count). The molecule has 0 saturated carbocycles. The van der Waals surface area contributed by atoms with E-state index in [0.29, 0.717) is 12.3 Å². The zero-order valence-electron chi connectivity index (χ0n) is 13.6. The van der Waals surface area contributed by atoms with Crippen molar-refractivity contribution >= 4 is 16.9 Å². The van der Waals surface area contributed by atoms with Crippen molar-refractivity contribution in [2.24, 2.45) is 0 Å². The number of nitrogens with one attached hydrogen (secondary N) is 1. The van der Waals surface area contributed by atoms with Gasteiger partial charge >= 0.3 is 5.97 Å². The topological polar surface area (TPSA) is 42.1 Å². The fourth-order valence-electron chi connectivity index (χ4n) is 2.91. The van der Waals surface area contributed by atoms with Gasteiger partial charge < -0.3 is 9.72 Å². The van der Waals surface area contributed by atoms with Crippen LogP contribution in [-0.2, 0) is 17.6 Å². The molecule has 0 aliphatic heterocycles. The number of hydrogen-bond donors (Lipinski definition) is 1. The summed E-state index contributed by atoms with van der Waals surface area (Å²) < 4.78 is 5.21. The third-order valence-electron chi connectivity index (χ3n) is 4.05. The predicted octanol–water partition coefficient (Wildman–Crippen LogP) is 4.44. The summed E-state index contributed by atoms with van der Waals surface area (Å²) in [5.74, 6) is -0.274. The van der Waals surface area contributed by atoms with Gasteiger partial charge in [-0.05, 0) is 49.9 Å². The fourth-order valence-corrected chi connectivity index (χ4v) is 2.91. The quantitative estimate of drug-likeness (QED) is 0.708. The zero-order chi connectivity index (χ0) is 16.2. The second-order valence-electron chi connectivity index (χ2n) is 5.73. The number of rotatable bonds is 5. The van der Waals surface area contributed by atoms with Crippen LogP contribution >= 0.6 is 0 Å². The van der Waals surface area contributed by atoms with Crippen LogP contribution in [0.2, 0.25) is 0 Å². The van der Waals surface area contributed by atoms with Crippen LogP contribution in [0.5, 0.6) is 0 Å². The molecular formula is C20H21NO2. The summed E-state index contributed by atoms with van der Waals surface area (Å²) in [5, 5.41) is 1.11. The first-order valence-corrected chi connectivity index (χ1v) is 8.01. The minimum absolute atomic E-state index is 0.274. The maximum Gasteiger partial charge on any atom is 0.355 e. The lowest BCUT2D eigenvalue weighted by molar-refractivity contribution is 0.0519. The van der Waals surface area contributed by atoms with Crippen LogP contribution in [0.1, 0.15) is 34.1 Å². The number of aromatic amines is 1. The van der Waals surface area contributed by atoms with Gasteiger partial charge in [0.05, 0.1) is 6.61 Å². The van der Waals surface area contributed by atoms with Crippen molar-refractivity contribution in [2.45, 2.75) is 26.7 Å². The van der Waals surface area contributed by atoms with Gasteiger partial charge in [-0.25, -0.2) is 4.79 Å². The Morgan fingerprint density at radius 1 is 1.09 bits per heavy atom. The van der Waals surface area contributed by atoms with Gasteiger partial charge in [-0.3, -0.25) is 0 Å². The van der Waals surface area contributed by atoms with Gasteiger partial charge in [0.25, 0.3) is 0 Å². The van der Waals surface area contributed by atoms with Crippen LogP contribution in [0.3, 0.4) is 0 Å². The highest BCUT2D eigenvalue weighted by atomic mass is 16.5. The molecule has 0 radical (unpaired) electrons. The molecule has 0 atom stereocenters. The predicted molar refractivity (Wildman–Crippen MR) is 92.8 cm³/mol. The summed E-state index contributed by atoms with van der Waals surface area (Å²) in [7, 11) is 0. The monoisotopic (exact) mass is 307 g/mol. The van der Waals surface area contributed by atoms with Crippen molar-refractivity contribution in [3.05, 3.63) is 70.9 Å². The Hall–Kier alpha value is -2.55. The highest BCUT2D eigenvalue weighted by molar-refractivity contribution is 5.98. The maximum absolute atomic E-state index is 12.3. The minimum Gasteiger partial charge on any atom is -0.461 e. The largest absolute Gasteiger partial charge is 0.461 e. The molecule has 0 unspecified atom stereocenters. The van der Waals surface area contributed by atoms with Crippen molar-refractivity contribution in [3.8, 4) is 0 Å². The summed E-state index contributed by atoms with van der Waals surface area (Å²) in [6, 6.07) is 16.5. The lowest BCUT2D eigenvalue weighted by atomic mass is 10.0. The number of aromatic nitrogens is 1. The van der Waals surface area contributed by atoms with Crippen LogP contribution in [0.15, 0.2) is 48.5 Å². The Kier molecular flexibility index (Phi) is 4.47. The zero-order valence-corrected chi connectivity index (χ0v) is 13.6. The Bertz CT molecular complexity index is 818. The van der Waals surface area contributed by atoms with E-state index in [-0.39, 0.29) is 5.97 Å². The second kappa shape index (κ2) is 6.69. The van der Waals surface area contributed by atoms with Gasteiger partial charge in [-0.2, -0.15) is 0 Å². The number of carbonyl (C=O) groups excluding carboxylic acids is 1. The van der Waals surface area contributed by atoms with Gasteiger partial charge in [0, 0.05) is 10.9 Å². The van der Waals surface area contributed by atoms with Crippen LogP contribution in [0.25, 0.3) is 10.9 Å². The number of aryl methyl sites for hydroxylation is 3. The van der Waals surface area contributed by atoms with E-state index in [1.165, 1.54) is 11.1 Å². The maximum atomic E-state index is 12.3. The molecule has 1 heterocycles. The van der Waals surface area contributed by atoms with E-state index >= 15 is 0 Å². The van der Waals surface area contributed by atoms with Crippen LogP contribution < -0.4 is 0 Å². The normalized spacial score (nSPS) is 10.9. The molecule has 0 saturated heterocycles. The Labute approximate surface area is 136 Å². The Morgan fingerprint density at radius 2 is 1.87 bits per heavy atom. The lowest BCUT2D eigenvalue weighted by Gasteiger charge is -2.05. The molecule has 118 valence electrons. The molecule has 0 spiro atoms. The molecule has 0 fully saturated rings. The Balaban J connectivity index is 1.99. The smallest absolute Gasteiger partial charge is 0.355 e. The van der Waals surface area contributed by atoms with E-state index in [4.69, 9.17) is 4.74 Å². The number of H-pyrrole nitrogens is 1. The first kappa shape index (κ1) is 15.3. The van der Waals surface area contributed by atoms with E-state index in [1.54, 1.807) is 0 Å². The molecule has 3 nitrogen and oxygen atoms in total. The van der Waals surface area contributed by atoms with Gasteiger partial charge in [0.2, 0.25) is 0 Å². The van der Waals surface area contributed by atoms with E-state index in [0.717, 1.165) is 29.3 Å². The average Bonchev–Trinajstić information content (AvgIpc) is 2.92. The molecule has 0 aliphatic rings. The number of fused-ring (bicyclic) bond motifs is 1. The molecule has 0 aliphatic carbocycles. The first-order chi connectivity index (χ1) is 11.2. The van der Waals surface area contributed by atoms with Crippen LogP contribution in [-0.4, -0.2) is 17.6 Å². The van der Waals surface area contributed by atoms with Crippen LogP contribution in [0.4, 0.5) is 0 Å². The van der Waals surface area contributed by atoms with Crippen LogP contribution in [0, 0.1) is 6.92 Å². The molecule has 23 heavy (non-hydrogen) atoms. The molecular weight excluding hydrogens is 286 g/mol. The van der Waals surface area contributed by atoms with Gasteiger partial charge in [-0.15, -0.1) is 0 Å². The standard InChI is InChI=1S/C20H21NO2/c1-3-23-20(22)19-16(11-10-15-7-5-4-6-8-15)17-13-14(2)9-12-18(17)21-19/h4-9,12-13,21H,3,10-11H2,1-2H3. The van der Waals surface area contributed by atoms with Gasteiger partial charge in [-0.1, -0.05) is 42.0 Å². The highest BCUT2D eigenvalue weighted by Crippen LogP contribution is 2.26. The van der Waals surface area contributed by atoms with E-state index < -0.39 is 0 Å². The number of carbonyl (C=O) groups is 1. The second-order valence-corrected chi connectivity index (χ2v) is 5.73. The van der Waals surface area contributed by atoms with E-state index in [2.05, 4.69) is 36.2 Å². The summed E-state index contributed by atoms with van der Waals surface area (Å²) in [6.07, 6.45) is 1.70. The summed E-state index contributed by atoms with van der Waals surface area (Å²) >= 11 is 0. The summed E-state index contributed by atoms with van der Waals surface area (Å²) in [5.41, 5.74) is 5.08. The first-order valence-electron chi connectivity index (χ1n) is 8.01. The van der Waals surface area contributed by atoms with Gasteiger partial charge in [0.1, 0.15) is 5.69 Å². The highest BCUT2D eigenvalue weighted by Gasteiger charge is 2.18. The van der Waals surface area contributed by atoms with Crippen molar-refractivity contribution in [3.63, 3.8) is 0 Å². The number of benzene rings is 2. The van der Waals surface area contributed by atoms with Crippen molar-refractivity contribution in [1.29, 1.82) is 0 Å². The number of hydrogen-bond acceptors (Lipinski definition) is 2. The molecule has 1 aromatic heterocycles. The lowest BCUT2D eigenvalue weighted by Crippen LogP contribution is -2.08. The van der Waals surface area contributed by atoms with Crippen molar-refractivity contribution < 1.29 is 9.53 Å². The molecule has 0 bridgehead atoms. The molecule has 3 aromatic rings. The minimum atomic E-state index is -0.274. The number of esters is 1. The third kappa shape index (κ3) is 3.29. The molecule has 2 aromatic carbocycles. The van der Waals surface area contributed by atoms with E-state index in [9.17, 15) is 4.79 Å². The number of ether oxygens (including phenoxy) is 1. The summed E-state index contributed by atoms with van der Waals surface area (Å²) in [6.45, 7) is 4.27. The van der Waals surface area contributed by atoms with Crippen molar-refractivity contribution in [2.75, 3.05) is 6.61 Å².